The van der Waals surface area contributed by atoms with Crippen molar-refractivity contribution in [3.63, 3.8) is 0 Å². The lowest BCUT2D eigenvalue weighted by Gasteiger charge is -2.36. The molecular weight excluding hydrogens is 493 g/mol. The molecule has 1 aliphatic rings. The highest BCUT2D eigenvalue weighted by molar-refractivity contribution is 14.0. The monoisotopic (exact) mass is 525 g/mol. The molecule has 1 aliphatic heterocycles. The SMILES string of the molecule is COc1ccc(N2CCN(CCCN=C(N)Nc3cccc(OC)c3)CC2)cc1.I. The average Bonchev–Trinajstić information content (AvgIpc) is 2.77. The van der Waals surface area contributed by atoms with Gasteiger partial charge in [-0.25, -0.2) is 0 Å². The van der Waals surface area contributed by atoms with Crippen molar-refractivity contribution in [2.24, 2.45) is 10.7 Å². The molecule has 0 radical (unpaired) electrons. The zero-order valence-corrected chi connectivity index (χ0v) is 20.0. The van der Waals surface area contributed by atoms with Crippen molar-refractivity contribution in [3.8, 4) is 11.5 Å². The Labute approximate surface area is 196 Å². The number of ether oxygens (including phenoxy) is 2. The van der Waals surface area contributed by atoms with E-state index in [9.17, 15) is 0 Å². The van der Waals surface area contributed by atoms with Crippen molar-refractivity contribution in [2.45, 2.75) is 6.42 Å². The summed E-state index contributed by atoms with van der Waals surface area (Å²) in [5.41, 5.74) is 8.12. The van der Waals surface area contributed by atoms with Crippen LogP contribution in [0.3, 0.4) is 0 Å². The number of nitrogens with two attached hydrogens (primary N) is 1. The molecule has 164 valence electrons. The molecule has 0 aliphatic carbocycles. The Morgan fingerprint density at radius 3 is 2.37 bits per heavy atom. The molecule has 0 spiro atoms. The number of hydrogen-bond donors (Lipinski definition) is 2. The first-order chi connectivity index (χ1) is 14.2. The van der Waals surface area contributed by atoms with Crippen LogP contribution in [-0.2, 0) is 0 Å². The molecule has 2 aromatic rings. The number of benzene rings is 2. The van der Waals surface area contributed by atoms with Crippen LogP contribution in [-0.4, -0.2) is 64.3 Å². The number of nitrogens with one attached hydrogen (secondary N) is 1. The van der Waals surface area contributed by atoms with Gasteiger partial charge in [-0.15, -0.1) is 24.0 Å². The third kappa shape index (κ3) is 7.24. The molecule has 0 aromatic heterocycles. The van der Waals surface area contributed by atoms with Crippen molar-refractivity contribution < 1.29 is 9.47 Å². The first-order valence-corrected chi connectivity index (χ1v) is 10.0. The van der Waals surface area contributed by atoms with Crippen molar-refractivity contribution in [2.75, 3.05) is 63.7 Å². The van der Waals surface area contributed by atoms with Gasteiger partial charge in [0, 0.05) is 56.7 Å². The van der Waals surface area contributed by atoms with Crippen LogP contribution < -0.4 is 25.4 Å². The topological polar surface area (TPSA) is 75.4 Å². The second-order valence-electron chi connectivity index (χ2n) is 7.00. The van der Waals surface area contributed by atoms with Gasteiger partial charge >= 0.3 is 0 Å². The molecule has 0 unspecified atom stereocenters. The van der Waals surface area contributed by atoms with E-state index in [-0.39, 0.29) is 24.0 Å². The maximum absolute atomic E-state index is 5.99. The number of anilines is 2. The van der Waals surface area contributed by atoms with Gasteiger partial charge in [-0.1, -0.05) is 6.07 Å². The number of piperazine rings is 1. The number of guanidine groups is 1. The molecule has 1 saturated heterocycles. The smallest absolute Gasteiger partial charge is 0.193 e. The summed E-state index contributed by atoms with van der Waals surface area (Å²) < 4.78 is 10.4. The first-order valence-electron chi connectivity index (χ1n) is 10.0. The Morgan fingerprint density at radius 1 is 1.00 bits per heavy atom. The lowest BCUT2D eigenvalue weighted by atomic mass is 10.2. The fraction of sp³-hybridized carbons (Fsp3) is 0.409. The normalized spacial score (nSPS) is 14.7. The Bertz CT molecular complexity index is 792. The third-order valence-corrected chi connectivity index (χ3v) is 5.07. The van der Waals surface area contributed by atoms with Crippen LogP contribution in [0.4, 0.5) is 11.4 Å². The summed E-state index contributed by atoms with van der Waals surface area (Å²) in [6, 6.07) is 15.9. The summed E-state index contributed by atoms with van der Waals surface area (Å²) in [5, 5.41) is 3.11. The van der Waals surface area contributed by atoms with E-state index in [0.717, 1.165) is 56.3 Å². The number of nitrogens with zero attached hydrogens (tertiary/aromatic N) is 3. The first kappa shape index (κ1) is 24.1. The van der Waals surface area contributed by atoms with E-state index < -0.39 is 0 Å². The molecule has 0 atom stereocenters. The summed E-state index contributed by atoms with van der Waals surface area (Å²) in [6.07, 6.45) is 0.989. The van der Waals surface area contributed by atoms with E-state index >= 15 is 0 Å². The fourth-order valence-electron chi connectivity index (χ4n) is 3.40. The summed E-state index contributed by atoms with van der Waals surface area (Å²) in [7, 11) is 3.34. The zero-order chi connectivity index (χ0) is 20.5. The standard InChI is InChI=1S/C22H31N5O2.HI/c1-28-20-9-7-19(8-10-20)27-15-13-26(14-16-27)12-4-11-24-22(23)25-18-5-3-6-21(17-18)29-2;/h3,5-10,17H,4,11-16H2,1-2H3,(H3,23,24,25);1H. The Morgan fingerprint density at radius 2 is 1.70 bits per heavy atom. The lowest BCUT2D eigenvalue weighted by Crippen LogP contribution is -2.46. The van der Waals surface area contributed by atoms with Gasteiger partial charge in [0.05, 0.1) is 14.2 Å². The van der Waals surface area contributed by atoms with E-state index in [4.69, 9.17) is 15.2 Å². The molecule has 0 saturated carbocycles. The highest BCUT2D eigenvalue weighted by atomic mass is 127. The average molecular weight is 525 g/mol. The van der Waals surface area contributed by atoms with Crippen molar-refractivity contribution in [3.05, 3.63) is 48.5 Å². The molecular formula is C22H32IN5O2. The van der Waals surface area contributed by atoms with E-state index in [0.29, 0.717) is 12.5 Å². The molecule has 8 heteroatoms. The molecule has 0 bridgehead atoms. The molecule has 7 nitrogen and oxygen atoms in total. The van der Waals surface area contributed by atoms with E-state index in [2.05, 4.69) is 32.2 Å². The maximum Gasteiger partial charge on any atom is 0.193 e. The second kappa shape index (κ2) is 12.5. The summed E-state index contributed by atoms with van der Waals surface area (Å²) in [6.45, 7) is 5.94. The van der Waals surface area contributed by atoms with Crippen LogP contribution in [0.15, 0.2) is 53.5 Å². The van der Waals surface area contributed by atoms with Crippen LogP contribution in [0.25, 0.3) is 0 Å². The number of hydrogen-bond acceptors (Lipinski definition) is 5. The minimum absolute atomic E-state index is 0. The predicted octanol–water partition coefficient (Wildman–Crippen LogP) is 3.26. The summed E-state index contributed by atoms with van der Waals surface area (Å²) >= 11 is 0. The number of methoxy groups -OCH3 is 2. The Kier molecular flexibility index (Phi) is 10.0. The van der Waals surface area contributed by atoms with Gasteiger partial charge in [0.25, 0.3) is 0 Å². The molecule has 30 heavy (non-hydrogen) atoms. The second-order valence-corrected chi connectivity index (χ2v) is 7.00. The highest BCUT2D eigenvalue weighted by Gasteiger charge is 2.16. The van der Waals surface area contributed by atoms with Gasteiger partial charge in [-0.2, -0.15) is 0 Å². The Hall–Kier alpha value is -2.20. The van der Waals surface area contributed by atoms with Crippen molar-refractivity contribution >= 4 is 41.3 Å². The minimum atomic E-state index is 0. The van der Waals surface area contributed by atoms with Gasteiger partial charge in [-0.3, -0.25) is 9.89 Å². The quantitative estimate of drug-likeness (QED) is 0.239. The van der Waals surface area contributed by atoms with E-state index in [1.165, 1.54) is 5.69 Å². The zero-order valence-electron chi connectivity index (χ0n) is 17.7. The minimum Gasteiger partial charge on any atom is -0.497 e. The van der Waals surface area contributed by atoms with Crippen LogP contribution >= 0.6 is 24.0 Å². The summed E-state index contributed by atoms with van der Waals surface area (Å²) in [5.74, 6) is 2.12. The van der Waals surface area contributed by atoms with Gasteiger partial charge in [0.2, 0.25) is 0 Å². The number of halogens is 1. The molecule has 3 N–H and O–H groups in total. The fourth-order valence-corrected chi connectivity index (χ4v) is 3.40. The number of aliphatic imine (C=N–C) groups is 1. The summed E-state index contributed by atoms with van der Waals surface area (Å²) in [4.78, 5) is 9.34. The van der Waals surface area contributed by atoms with Gasteiger partial charge in [0.1, 0.15) is 11.5 Å². The Balaban J connectivity index is 0.00000320. The van der Waals surface area contributed by atoms with E-state index in [1.54, 1.807) is 14.2 Å². The highest BCUT2D eigenvalue weighted by Crippen LogP contribution is 2.20. The van der Waals surface area contributed by atoms with Crippen LogP contribution in [0.2, 0.25) is 0 Å². The molecule has 0 amide bonds. The van der Waals surface area contributed by atoms with Crippen molar-refractivity contribution in [1.82, 2.24) is 4.90 Å². The largest absolute Gasteiger partial charge is 0.497 e. The third-order valence-electron chi connectivity index (χ3n) is 5.07. The van der Waals surface area contributed by atoms with E-state index in [1.807, 2.05) is 36.4 Å². The molecule has 3 rings (SSSR count). The van der Waals surface area contributed by atoms with Gasteiger partial charge in [-0.05, 0) is 42.8 Å². The van der Waals surface area contributed by atoms with Gasteiger partial charge < -0.3 is 25.4 Å². The maximum atomic E-state index is 5.99. The molecule has 1 heterocycles. The van der Waals surface area contributed by atoms with Crippen LogP contribution in [0.1, 0.15) is 6.42 Å². The van der Waals surface area contributed by atoms with Gasteiger partial charge in [0.15, 0.2) is 5.96 Å². The molecule has 2 aromatic carbocycles. The molecule has 1 fully saturated rings. The van der Waals surface area contributed by atoms with Crippen molar-refractivity contribution in [1.29, 1.82) is 0 Å². The predicted molar refractivity (Wildman–Crippen MR) is 135 cm³/mol. The van der Waals surface area contributed by atoms with Crippen LogP contribution in [0.5, 0.6) is 11.5 Å². The lowest BCUT2D eigenvalue weighted by molar-refractivity contribution is 0.256. The number of rotatable bonds is 8. The van der Waals surface area contributed by atoms with Crippen LogP contribution in [0, 0.1) is 0 Å².